The van der Waals surface area contributed by atoms with Gasteiger partial charge in [-0.2, -0.15) is 0 Å². The molecule has 6 nitrogen and oxygen atoms in total. The van der Waals surface area contributed by atoms with Gasteiger partial charge < -0.3 is 14.6 Å². The largest absolute Gasteiger partial charge is 0.462 e. The van der Waals surface area contributed by atoms with Crippen LogP contribution in [-0.2, 0) is 22.5 Å². The average Bonchev–Trinajstić information content (AvgIpc) is 3.17. The van der Waals surface area contributed by atoms with Crippen molar-refractivity contribution >= 4 is 17.6 Å². The summed E-state index contributed by atoms with van der Waals surface area (Å²) < 4.78 is 21.1. The lowest BCUT2D eigenvalue weighted by Gasteiger charge is -2.23. The SMILES string of the molecule is CCCc1c(C(=O)Nc2ccccc2)nc(-c2ccc(F)cc2)n1CCC1CCCC(=O)O1. The van der Waals surface area contributed by atoms with Gasteiger partial charge in [0.25, 0.3) is 5.91 Å². The molecule has 172 valence electrons. The third kappa shape index (κ3) is 5.48. The number of carbonyl (C=O) groups excluding carboxylic acids is 2. The van der Waals surface area contributed by atoms with Crippen molar-refractivity contribution in [3.63, 3.8) is 0 Å². The molecule has 2 aromatic carbocycles. The van der Waals surface area contributed by atoms with E-state index in [9.17, 15) is 14.0 Å². The molecule has 1 atom stereocenters. The number of amides is 1. The van der Waals surface area contributed by atoms with Gasteiger partial charge in [0.15, 0.2) is 0 Å². The number of benzene rings is 2. The fourth-order valence-electron chi connectivity index (χ4n) is 4.18. The van der Waals surface area contributed by atoms with Crippen molar-refractivity contribution in [2.24, 2.45) is 0 Å². The lowest BCUT2D eigenvalue weighted by Crippen LogP contribution is -2.25. The van der Waals surface area contributed by atoms with Crippen molar-refractivity contribution in [1.29, 1.82) is 0 Å². The number of halogens is 1. The molecule has 7 heteroatoms. The van der Waals surface area contributed by atoms with Crippen molar-refractivity contribution in [3.8, 4) is 11.4 Å². The molecule has 0 spiro atoms. The van der Waals surface area contributed by atoms with E-state index in [1.807, 2.05) is 34.9 Å². The summed E-state index contributed by atoms with van der Waals surface area (Å²) in [5, 5.41) is 2.93. The van der Waals surface area contributed by atoms with E-state index in [1.165, 1.54) is 12.1 Å². The number of esters is 1. The van der Waals surface area contributed by atoms with Crippen LogP contribution in [0.25, 0.3) is 11.4 Å². The van der Waals surface area contributed by atoms with Crippen LogP contribution < -0.4 is 5.32 Å². The first-order chi connectivity index (χ1) is 16.0. The summed E-state index contributed by atoms with van der Waals surface area (Å²) >= 11 is 0. The Morgan fingerprint density at radius 3 is 2.64 bits per heavy atom. The number of ether oxygens (including phenoxy) is 1. The zero-order valence-corrected chi connectivity index (χ0v) is 18.7. The van der Waals surface area contributed by atoms with E-state index in [1.54, 1.807) is 12.1 Å². The first-order valence-electron chi connectivity index (χ1n) is 11.5. The van der Waals surface area contributed by atoms with Gasteiger partial charge in [-0.25, -0.2) is 9.37 Å². The number of nitrogens with zero attached hydrogens (tertiary/aromatic N) is 2. The van der Waals surface area contributed by atoms with Gasteiger partial charge in [0.1, 0.15) is 23.4 Å². The number of aromatic nitrogens is 2. The molecule has 0 radical (unpaired) electrons. The minimum absolute atomic E-state index is 0.147. The molecule has 1 aliphatic heterocycles. The molecule has 1 N–H and O–H groups in total. The van der Waals surface area contributed by atoms with E-state index < -0.39 is 0 Å². The van der Waals surface area contributed by atoms with Gasteiger partial charge in [-0.05, 0) is 55.7 Å². The van der Waals surface area contributed by atoms with E-state index in [0.717, 1.165) is 30.5 Å². The minimum atomic E-state index is -0.332. The summed E-state index contributed by atoms with van der Waals surface area (Å²) in [5.74, 6) is -0.163. The van der Waals surface area contributed by atoms with Crippen molar-refractivity contribution in [2.45, 2.75) is 58.1 Å². The molecule has 1 aliphatic rings. The quantitative estimate of drug-likeness (QED) is 0.469. The first kappa shape index (κ1) is 22.7. The maximum absolute atomic E-state index is 13.6. The first-order valence-corrected chi connectivity index (χ1v) is 11.5. The number of cyclic esters (lactones) is 1. The summed E-state index contributed by atoms with van der Waals surface area (Å²) in [6.45, 7) is 2.60. The Kier molecular flexibility index (Phi) is 7.17. The topological polar surface area (TPSA) is 73.2 Å². The Labute approximate surface area is 192 Å². The zero-order valence-electron chi connectivity index (χ0n) is 18.7. The van der Waals surface area contributed by atoms with Gasteiger partial charge in [-0.15, -0.1) is 0 Å². The molecule has 1 saturated heterocycles. The predicted octanol–water partition coefficient (Wildman–Crippen LogP) is 5.38. The van der Waals surface area contributed by atoms with Gasteiger partial charge >= 0.3 is 5.97 Å². The van der Waals surface area contributed by atoms with Gasteiger partial charge in [0.2, 0.25) is 0 Å². The number of carbonyl (C=O) groups is 2. The summed E-state index contributed by atoms with van der Waals surface area (Å²) in [6.07, 6.45) is 4.10. The normalized spacial score (nSPS) is 15.8. The van der Waals surface area contributed by atoms with E-state index in [-0.39, 0.29) is 23.8 Å². The summed E-state index contributed by atoms with van der Waals surface area (Å²) in [6, 6.07) is 15.4. The van der Waals surface area contributed by atoms with Crippen LogP contribution in [0.3, 0.4) is 0 Å². The van der Waals surface area contributed by atoms with Gasteiger partial charge in [-0.3, -0.25) is 9.59 Å². The Morgan fingerprint density at radius 1 is 1.18 bits per heavy atom. The Morgan fingerprint density at radius 2 is 1.94 bits per heavy atom. The molecular formula is C26H28FN3O3. The minimum Gasteiger partial charge on any atom is -0.462 e. The molecular weight excluding hydrogens is 421 g/mol. The third-order valence-corrected chi connectivity index (χ3v) is 5.79. The fraction of sp³-hybridized carbons (Fsp3) is 0.346. The molecule has 0 saturated carbocycles. The predicted molar refractivity (Wildman–Crippen MR) is 124 cm³/mol. The zero-order chi connectivity index (χ0) is 23.2. The van der Waals surface area contributed by atoms with E-state index >= 15 is 0 Å². The van der Waals surface area contributed by atoms with Crippen LogP contribution in [0.4, 0.5) is 10.1 Å². The Balaban J connectivity index is 1.69. The van der Waals surface area contributed by atoms with Crippen molar-refractivity contribution < 1.29 is 18.7 Å². The lowest BCUT2D eigenvalue weighted by atomic mass is 10.1. The van der Waals surface area contributed by atoms with E-state index in [4.69, 9.17) is 9.72 Å². The van der Waals surface area contributed by atoms with Crippen LogP contribution in [-0.4, -0.2) is 27.5 Å². The molecule has 1 amide bonds. The number of hydrogen-bond donors (Lipinski definition) is 1. The van der Waals surface area contributed by atoms with E-state index in [2.05, 4.69) is 12.2 Å². The highest BCUT2D eigenvalue weighted by Gasteiger charge is 2.25. The molecule has 2 heterocycles. The van der Waals surface area contributed by atoms with Crippen LogP contribution in [0.15, 0.2) is 54.6 Å². The molecule has 33 heavy (non-hydrogen) atoms. The molecule has 3 aromatic rings. The van der Waals surface area contributed by atoms with Gasteiger partial charge in [0, 0.05) is 30.6 Å². The molecule has 1 unspecified atom stereocenters. The van der Waals surface area contributed by atoms with Gasteiger partial charge in [-0.1, -0.05) is 31.5 Å². The molecule has 0 aliphatic carbocycles. The summed E-state index contributed by atoms with van der Waals surface area (Å²) in [5.41, 5.74) is 2.61. The number of imidazole rings is 1. The lowest BCUT2D eigenvalue weighted by molar-refractivity contribution is -0.154. The number of para-hydroxylation sites is 1. The van der Waals surface area contributed by atoms with Crippen LogP contribution in [0.1, 0.15) is 55.2 Å². The van der Waals surface area contributed by atoms with Crippen molar-refractivity contribution in [1.82, 2.24) is 9.55 Å². The second kappa shape index (κ2) is 10.4. The van der Waals surface area contributed by atoms with Crippen LogP contribution in [0.2, 0.25) is 0 Å². The van der Waals surface area contributed by atoms with Crippen LogP contribution >= 0.6 is 0 Å². The van der Waals surface area contributed by atoms with Crippen LogP contribution in [0.5, 0.6) is 0 Å². The molecule has 1 aromatic heterocycles. The average molecular weight is 450 g/mol. The Bertz CT molecular complexity index is 1110. The summed E-state index contributed by atoms with van der Waals surface area (Å²) in [7, 11) is 0. The third-order valence-electron chi connectivity index (χ3n) is 5.79. The number of anilines is 1. The van der Waals surface area contributed by atoms with Crippen molar-refractivity contribution in [2.75, 3.05) is 5.32 Å². The highest BCUT2D eigenvalue weighted by molar-refractivity contribution is 6.04. The fourth-order valence-corrected chi connectivity index (χ4v) is 4.18. The summed E-state index contributed by atoms with van der Waals surface area (Å²) in [4.78, 5) is 29.6. The maximum Gasteiger partial charge on any atom is 0.306 e. The highest BCUT2D eigenvalue weighted by Crippen LogP contribution is 2.27. The van der Waals surface area contributed by atoms with E-state index in [0.29, 0.717) is 43.0 Å². The number of nitrogens with one attached hydrogen (secondary N) is 1. The second-order valence-electron chi connectivity index (χ2n) is 8.25. The van der Waals surface area contributed by atoms with Crippen LogP contribution in [0, 0.1) is 5.82 Å². The Hall–Kier alpha value is -3.48. The second-order valence-corrected chi connectivity index (χ2v) is 8.25. The number of rotatable bonds is 8. The van der Waals surface area contributed by atoms with Crippen molar-refractivity contribution in [3.05, 3.63) is 71.8 Å². The number of hydrogen-bond acceptors (Lipinski definition) is 4. The molecule has 1 fully saturated rings. The standard InChI is InChI=1S/C26H28FN3O3/c1-2-7-22-24(26(32)28-20-8-4-3-5-9-20)29-25(18-12-14-19(27)15-13-18)30(22)17-16-21-10-6-11-23(31)33-21/h3-5,8-9,12-15,21H,2,6-7,10-11,16-17H2,1H3,(H,28,32). The maximum atomic E-state index is 13.6. The monoisotopic (exact) mass is 449 g/mol. The molecule has 0 bridgehead atoms. The van der Waals surface area contributed by atoms with Gasteiger partial charge in [0.05, 0.1) is 5.69 Å². The highest BCUT2D eigenvalue weighted by atomic mass is 19.1. The molecule has 4 rings (SSSR count). The smallest absolute Gasteiger partial charge is 0.306 e.